The number of hydrogen-bond acceptors (Lipinski definition) is 5. The van der Waals surface area contributed by atoms with Gasteiger partial charge in [-0.3, -0.25) is 4.79 Å². The highest BCUT2D eigenvalue weighted by molar-refractivity contribution is 7.89. The van der Waals surface area contributed by atoms with Crippen LogP contribution in [-0.2, 0) is 27.8 Å². The van der Waals surface area contributed by atoms with Crippen molar-refractivity contribution in [1.29, 1.82) is 0 Å². The number of carbonyl (C=O) groups excluding carboxylic acids is 1. The zero-order valence-corrected chi connectivity index (χ0v) is 21.8. The fourth-order valence-electron chi connectivity index (χ4n) is 5.82. The summed E-state index contributed by atoms with van der Waals surface area (Å²) >= 11 is 0. The number of hydrogen-bond donors (Lipinski definition) is 0. The topological polar surface area (TPSA) is 88.4 Å². The Morgan fingerprint density at radius 1 is 0.914 bits per heavy atom. The minimum absolute atomic E-state index is 0.115. The molecule has 2 saturated heterocycles. The first-order chi connectivity index (χ1) is 16.8. The molecule has 1 aromatic heterocycles. The maximum absolute atomic E-state index is 13.4. The molecule has 1 atom stereocenters. The minimum Gasteiger partial charge on any atom is -0.342 e. The van der Waals surface area contributed by atoms with Crippen LogP contribution < -0.4 is 0 Å². The Morgan fingerprint density at radius 2 is 1.71 bits per heavy atom. The fraction of sp³-hybridized carbons (Fsp3) is 0.654. The molecule has 0 unspecified atom stereocenters. The molecule has 2 fully saturated rings. The Labute approximate surface area is 208 Å². The highest BCUT2D eigenvalue weighted by Crippen LogP contribution is 2.31. The van der Waals surface area contributed by atoms with Gasteiger partial charge >= 0.3 is 0 Å². The third-order valence-corrected chi connectivity index (χ3v) is 10.1. The van der Waals surface area contributed by atoms with Crippen molar-refractivity contribution in [3.63, 3.8) is 0 Å². The molecule has 190 valence electrons. The predicted molar refractivity (Wildman–Crippen MR) is 134 cm³/mol. The summed E-state index contributed by atoms with van der Waals surface area (Å²) in [5, 5.41) is 9.01. The Morgan fingerprint density at radius 3 is 2.49 bits per heavy atom. The first-order valence-corrected chi connectivity index (χ1v) is 14.6. The van der Waals surface area contributed by atoms with E-state index in [9.17, 15) is 13.2 Å². The van der Waals surface area contributed by atoms with Gasteiger partial charge in [-0.25, -0.2) is 8.42 Å². The van der Waals surface area contributed by atoms with Gasteiger partial charge in [0.25, 0.3) is 0 Å². The van der Waals surface area contributed by atoms with Crippen LogP contribution in [-0.4, -0.2) is 64.5 Å². The fourth-order valence-corrected chi connectivity index (χ4v) is 7.38. The predicted octanol–water partition coefficient (Wildman–Crippen LogP) is 3.43. The lowest BCUT2D eigenvalue weighted by atomic mass is 9.92. The maximum Gasteiger partial charge on any atom is 0.243 e. The van der Waals surface area contributed by atoms with Gasteiger partial charge in [-0.15, -0.1) is 10.2 Å². The molecule has 9 heteroatoms. The summed E-state index contributed by atoms with van der Waals surface area (Å²) < 4.78 is 30.2. The Bertz CT molecular complexity index is 1180. The van der Waals surface area contributed by atoms with Gasteiger partial charge in [0.2, 0.25) is 15.9 Å². The summed E-state index contributed by atoms with van der Waals surface area (Å²) in [5.41, 5.74) is 2.05. The van der Waals surface area contributed by atoms with Crippen LogP contribution in [0, 0.1) is 19.8 Å². The molecule has 0 aliphatic carbocycles. The first-order valence-electron chi connectivity index (χ1n) is 13.1. The molecule has 5 rings (SSSR count). The minimum atomic E-state index is -3.54. The molecule has 4 heterocycles. The van der Waals surface area contributed by atoms with Crippen molar-refractivity contribution < 1.29 is 13.2 Å². The highest BCUT2D eigenvalue weighted by Gasteiger charge is 2.36. The summed E-state index contributed by atoms with van der Waals surface area (Å²) in [5.74, 6) is 2.44. The largest absolute Gasteiger partial charge is 0.342 e. The average Bonchev–Trinajstić information content (AvgIpc) is 3.13. The molecule has 35 heavy (non-hydrogen) atoms. The van der Waals surface area contributed by atoms with Crippen LogP contribution in [0.2, 0.25) is 0 Å². The molecular formula is C26H37N5O3S. The molecule has 0 N–H and O–H groups in total. The number of piperidine rings is 2. The molecule has 3 aliphatic rings. The van der Waals surface area contributed by atoms with E-state index in [4.69, 9.17) is 0 Å². The monoisotopic (exact) mass is 499 g/mol. The molecule has 3 aliphatic heterocycles. The molecule has 0 saturated carbocycles. The van der Waals surface area contributed by atoms with E-state index in [0.29, 0.717) is 37.4 Å². The van der Waals surface area contributed by atoms with E-state index in [-0.39, 0.29) is 17.7 Å². The second-order valence-corrected chi connectivity index (χ2v) is 12.4. The summed E-state index contributed by atoms with van der Waals surface area (Å²) in [6.45, 7) is 7.14. The van der Waals surface area contributed by atoms with Crippen LogP contribution in [0.25, 0.3) is 0 Å². The van der Waals surface area contributed by atoms with E-state index in [1.165, 1.54) is 12.8 Å². The van der Waals surface area contributed by atoms with E-state index in [2.05, 4.69) is 14.8 Å². The molecule has 0 radical (unpaired) electrons. The number of benzene rings is 1. The van der Waals surface area contributed by atoms with Gasteiger partial charge in [-0.2, -0.15) is 4.31 Å². The van der Waals surface area contributed by atoms with Gasteiger partial charge in [-0.05, 0) is 75.6 Å². The van der Waals surface area contributed by atoms with Crippen LogP contribution in [0.5, 0.6) is 0 Å². The number of nitrogens with zero attached hydrogens (tertiary/aromatic N) is 5. The van der Waals surface area contributed by atoms with E-state index >= 15 is 0 Å². The third-order valence-electron chi connectivity index (χ3n) is 8.16. The van der Waals surface area contributed by atoms with E-state index < -0.39 is 10.0 Å². The highest BCUT2D eigenvalue weighted by atomic mass is 32.2. The SMILES string of the molecule is Cc1ccc(S(=O)(=O)N2CCC(C(=O)N3CCC[C@H](c4nnc5n4CCCCC5)C3)CC2)cc1C. The molecule has 1 amide bonds. The smallest absolute Gasteiger partial charge is 0.243 e. The molecule has 8 nitrogen and oxygen atoms in total. The summed E-state index contributed by atoms with van der Waals surface area (Å²) in [6, 6.07) is 5.30. The summed E-state index contributed by atoms with van der Waals surface area (Å²) in [6.07, 6.45) is 7.71. The zero-order valence-electron chi connectivity index (χ0n) is 20.9. The van der Waals surface area contributed by atoms with Crippen molar-refractivity contribution in [2.24, 2.45) is 5.92 Å². The van der Waals surface area contributed by atoms with Crippen molar-refractivity contribution in [2.75, 3.05) is 26.2 Å². The van der Waals surface area contributed by atoms with Gasteiger partial charge in [0.15, 0.2) is 0 Å². The molecule has 1 aromatic carbocycles. The van der Waals surface area contributed by atoms with Gasteiger partial charge in [0, 0.05) is 51.0 Å². The summed E-state index contributed by atoms with van der Waals surface area (Å²) in [7, 11) is -3.54. The van der Waals surface area contributed by atoms with Crippen LogP contribution >= 0.6 is 0 Å². The van der Waals surface area contributed by atoms with Crippen LogP contribution in [0.15, 0.2) is 23.1 Å². The Kier molecular flexibility index (Phi) is 6.99. The number of rotatable bonds is 4. The van der Waals surface area contributed by atoms with Crippen molar-refractivity contribution in [2.45, 2.75) is 82.6 Å². The van der Waals surface area contributed by atoms with Crippen molar-refractivity contribution in [3.05, 3.63) is 41.0 Å². The number of amides is 1. The quantitative estimate of drug-likeness (QED) is 0.643. The van der Waals surface area contributed by atoms with Crippen LogP contribution in [0.1, 0.15) is 73.6 Å². The van der Waals surface area contributed by atoms with Gasteiger partial charge < -0.3 is 9.47 Å². The zero-order chi connectivity index (χ0) is 24.6. The van der Waals surface area contributed by atoms with Crippen LogP contribution in [0.3, 0.4) is 0 Å². The number of sulfonamides is 1. The molecule has 2 aromatic rings. The van der Waals surface area contributed by atoms with Crippen molar-refractivity contribution in [1.82, 2.24) is 24.0 Å². The van der Waals surface area contributed by atoms with Crippen molar-refractivity contribution >= 4 is 15.9 Å². The average molecular weight is 500 g/mol. The summed E-state index contributed by atoms with van der Waals surface area (Å²) in [4.78, 5) is 15.8. The maximum atomic E-state index is 13.4. The van der Waals surface area contributed by atoms with Gasteiger partial charge in [0.05, 0.1) is 4.90 Å². The first kappa shape index (κ1) is 24.4. The van der Waals surface area contributed by atoms with E-state index in [1.807, 2.05) is 24.8 Å². The lowest BCUT2D eigenvalue weighted by Gasteiger charge is -2.37. The number of likely N-dealkylation sites (tertiary alicyclic amines) is 1. The van der Waals surface area contributed by atoms with Gasteiger partial charge in [-0.1, -0.05) is 12.5 Å². The third kappa shape index (κ3) is 4.89. The second-order valence-electron chi connectivity index (χ2n) is 10.5. The molecule has 0 bridgehead atoms. The molecular weight excluding hydrogens is 462 g/mol. The number of aromatic nitrogens is 3. The van der Waals surface area contributed by atoms with E-state index in [0.717, 1.165) is 61.5 Å². The van der Waals surface area contributed by atoms with E-state index in [1.54, 1.807) is 16.4 Å². The number of aryl methyl sites for hydroxylation is 3. The van der Waals surface area contributed by atoms with Crippen LogP contribution in [0.4, 0.5) is 0 Å². The molecule has 0 spiro atoms. The number of fused-ring (bicyclic) bond motifs is 1. The lowest BCUT2D eigenvalue weighted by Crippen LogP contribution is -2.47. The standard InChI is InChI=1S/C26H37N5O3S/c1-19-9-10-23(17-20(19)2)35(33,34)30-15-11-21(12-16-30)26(32)29-13-6-7-22(18-29)25-28-27-24-8-4-3-5-14-31(24)25/h9-10,17,21-22H,3-8,11-16,18H2,1-2H3/t22-/m0/s1. The van der Waals surface area contributed by atoms with Crippen molar-refractivity contribution in [3.8, 4) is 0 Å². The number of carbonyl (C=O) groups is 1. The van der Waals surface area contributed by atoms with Gasteiger partial charge in [0.1, 0.15) is 11.6 Å². The Hall–Kier alpha value is -2.26. The lowest BCUT2D eigenvalue weighted by molar-refractivity contribution is -0.138. The Balaban J connectivity index is 1.22. The second kappa shape index (κ2) is 10.0. The normalized spacial score (nSPS) is 22.6.